The number of carbonyl (C=O) groups excluding carboxylic acids is 1. The third-order valence-electron chi connectivity index (χ3n) is 2.95. The van der Waals surface area contributed by atoms with Gasteiger partial charge >= 0.3 is 0 Å². The summed E-state index contributed by atoms with van der Waals surface area (Å²) in [5, 5.41) is 3.19. The molecule has 0 aliphatic carbocycles. The van der Waals surface area contributed by atoms with E-state index in [1.54, 1.807) is 0 Å². The molecule has 2 nitrogen and oxygen atoms in total. The quantitative estimate of drug-likeness (QED) is 0.739. The van der Waals surface area contributed by atoms with E-state index in [9.17, 15) is 4.79 Å². The highest BCUT2D eigenvalue weighted by molar-refractivity contribution is 6.17. The lowest BCUT2D eigenvalue weighted by molar-refractivity contribution is 0.103. The maximum absolute atomic E-state index is 12.4. The van der Waals surface area contributed by atoms with Crippen LogP contribution >= 0.6 is 0 Å². The molecule has 0 spiro atoms. The topological polar surface area (TPSA) is 29.1 Å². The molecule has 1 heterocycles. The summed E-state index contributed by atoms with van der Waals surface area (Å²) in [5.41, 5.74) is 3.85. The molecule has 1 aliphatic heterocycles. The monoisotopic (exact) mass is 221 g/mol. The van der Waals surface area contributed by atoms with Crippen LogP contribution in [0, 0.1) is 0 Å². The van der Waals surface area contributed by atoms with Crippen LogP contribution in [-0.4, -0.2) is 5.78 Å². The van der Waals surface area contributed by atoms with Crippen molar-refractivity contribution in [1.82, 2.24) is 0 Å². The number of fused-ring (bicyclic) bond motifs is 2. The fourth-order valence-corrected chi connectivity index (χ4v) is 2.11. The zero-order valence-corrected chi connectivity index (χ0v) is 9.23. The van der Waals surface area contributed by atoms with Crippen molar-refractivity contribution in [3.05, 3.63) is 71.8 Å². The van der Waals surface area contributed by atoms with Crippen LogP contribution in [0.5, 0.6) is 0 Å². The predicted molar refractivity (Wildman–Crippen MR) is 69.0 cm³/mol. The number of benzene rings is 2. The average molecular weight is 221 g/mol. The molecule has 0 unspecified atom stereocenters. The van der Waals surface area contributed by atoms with E-state index in [1.165, 1.54) is 0 Å². The normalized spacial score (nSPS) is 13.4. The Balaban J connectivity index is 2.30. The predicted octanol–water partition coefficient (Wildman–Crippen LogP) is 3.31. The largest absolute Gasteiger partial charge is 0.355 e. The minimum Gasteiger partial charge on any atom is -0.355 e. The number of hydrogen-bond donors (Lipinski definition) is 1. The number of ketones is 1. The maximum Gasteiger partial charge on any atom is 0.195 e. The van der Waals surface area contributed by atoms with Crippen molar-refractivity contribution >= 4 is 17.2 Å². The highest BCUT2D eigenvalue weighted by Crippen LogP contribution is 2.30. The zero-order chi connectivity index (χ0) is 11.8. The van der Waals surface area contributed by atoms with Crippen LogP contribution in [0.2, 0.25) is 0 Å². The summed E-state index contributed by atoms with van der Waals surface area (Å²) in [5.74, 6) is 0.0438. The second kappa shape index (κ2) is 3.59. The highest BCUT2D eigenvalue weighted by atomic mass is 16.1. The van der Waals surface area contributed by atoms with Gasteiger partial charge in [0.25, 0.3) is 0 Å². The third-order valence-corrected chi connectivity index (χ3v) is 2.95. The molecule has 0 saturated carbocycles. The first kappa shape index (κ1) is 9.85. The number of rotatable bonds is 0. The Kier molecular flexibility index (Phi) is 2.08. The molecule has 2 aromatic rings. The van der Waals surface area contributed by atoms with E-state index >= 15 is 0 Å². The fraction of sp³-hybridized carbons (Fsp3) is 0. The minimum atomic E-state index is 0.0438. The molecule has 1 N–H and O–H groups in total. The van der Waals surface area contributed by atoms with Crippen LogP contribution in [0.4, 0.5) is 5.69 Å². The Hall–Kier alpha value is -2.35. The Labute approximate surface area is 99.6 Å². The summed E-state index contributed by atoms with van der Waals surface area (Å²) < 4.78 is 0. The van der Waals surface area contributed by atoms with Gasteiger partial charge in [0.15, 0.2) is 5.78 Å². The molecule has 0 bridgehead atoms. The first-order valence-corrected chi connectivity index (χ1v) is 5.46. The van der Waals surface area contributed by atoms with Crippen LogP contribution < -0.4 is 5.32 Å². The SMILES string of the molecule is C=C1Nc2ccccc2C(=O)c2ccccc21. The maximum atomic E-state index is 12.4. The first-order chi connectivity index (χ1) is 8.27. The van der Waals surface area contributed by atoms with Gasteiger partial charge in [-0.15, -0.1) is 0 Å². The van der Waals surface area contributed by atoms with Gasteiger partial charge < -0.3 is 5.32 Å². The number of carbonyl (C=O) groups is 1. The summed E-state index contributed by atoms with van der Waals surface area (Å²) in [7, 11) is 0. The van der Waals surface area contributed by atoms with Crippen LogP contribution in [0.3, 0.4) is 0 Å². The van der Waals surface area contributed by atoms with Crippen molar-refractivity contribution in [3.63, 3.8) is 0 Å². The lowest BCUT2D eigenvalue weighted by Crippen LogP contribution is -2.02. The van der Waals surface area contributed by atoms with Gasteiger partial charge in [0.2, 0.25) is 0 Å². The summed E-state index contributed by atoms with van der Waals surface area (Å²) in [4.78, 5) is 12.4. The van der Waals surface area contributed by atoms with Crippen LogP contribution in [0.15, 0.2) is 55.1 Å². The van der Waals surface area contributed by atoms with Crippen LogP contribution in [0.1, 0.15) is 21.5 Å². The highest BCUT2D eigenvalue weighted by Gasteiger charge is 2.21. The molecule has 0 aromatic heterocycles. The molecule has 0 atom stereocenters. The number of nitrogens with one attached hydrogen (secondary N) is 1. The zero-order valence-electron chi connectivity index (χ0n) is 9.23. The number of hydrogen-bond acceptors (Lipinski definition) is 2. The van der Waals surface area contributed by atoms with Gasteiger partial charge in [0.1, 0.15) is 0 Å². The molecule has 2 aromatic carbocycles. The molecule has 0 fully saturated rings. The van der Waals surface area contributed by atoms with Gasteiger partial charge in [-0.2, -0.15) is 0 Å². The van der Waals surface area contributed by atoms with Gasteiger partial charge in [-0.1, -0.05) is 43.0 Å². The molecule has 1 aliphatic rings. The van der Waals surface area contributed by atoms with Gasteiger partial charge in [0, 0.05) is 28.1 Å². The van der Waals surface area contributed by atoms with E-state index in [4.69, 9.17) is 0 Å². The van der Waals surface area contributed by atoms with Gasteiger partial charge in [-0.25, -0.2) is 0 Å². The number of para-hydroxylation sites is 1. The van der Waals surface area contributed by atoms with Crippen molar-refractivity contribution in [3.8, 4) is 0 Å². The molecule has 3 rings (SSSR count). The molecule has 0 saturated heterocycles. The minimum absolute atomic E-state index is 0.0438. The molecule has 2 heteroatoms. The summed E-state index contributed by atoms with van der Waals surface area (Å²) >= 11 is 0. The van der Waals surface area contributed by atoms with E-state index in [0.717, 1.165) is 16.9 Å². The van der Waals surface area contributed by atoms with E-state index in [2.05, 4.69) is 11.9 Å². The van der Waals surface area contributed by atoms with E-state index in [-0.39, 0.29) is 5.78 Å². The lowest BCUT2D eigenvalue weighted by atomic mass is 9.98. The van der Waals surface area contributed by atoms with Crippen molar-refractivity contribution in [1.29, 1.82) is 0 Å². The van der Waals surface area contributed by atoms with Crippen molar-refractivity contribution in [2.24, 2.45) is 0 Å². The second-order valence-corrected chi connectivity index (χ2v) is 4.02. The Morgan fingerprint density at radius 1 is 0.824 bits per heavy atom. The summed E-state index contributed by atoms with van der Waals surface area (Å²) in [6, 6.07) is 15.0. The first-order valence-electron chi connectivity index (χ1n) is 5.46. The summed E-state index contributed by atoms with van der Waals surface area (Å²) in [6.45, 7) is 3.99. The van der Waals surface area contributed by atoms with Gasteiger partial charge in [0.05, 0.1) is 0 Å². The van der Waals surface area contributed by atoms with Gasteiger partial charge in [-0.3, -0.25) is 4.79 Å². The summed E-state index contributed by atoms with van der Waals surface area (Å²) in [6.07, 6.45) is 0. The fourth-order valence-electron chi connectivity index (χ4n) is 2.11. The Morgan fingerprint density at radius 2 is 1.41 bits per heavy atom. The van der Waals surface area contributed by atoms with Crippen molar-refractivity contribution in [2.45, 2.75) is 0 Å². The molecule has 17 heavy (non-hydrogen) atoms. The molecule has 82 valence electrons. The van der Waals surface area contributed by atoms with E-state index in [1.807, 2.05) is 48.5 Å². The Bertz CT molecular complexity index is 628. The molecule has 0 amide bonds. The van der Waals surface area contributed by atoms with E-state index < -0.39 is 0 Å². The van der Waals surface area contributed by atoms with E-state index in [0.29, 0.717) is 11.1 Å². The molecular formula is C15H11NO. The third kappa shape index (κ3) is 1.46. The average Bonchev–Trinajstić information content (AvgIpc) is 2.48. The Morgan fingerprint density at radius 3 is 2.18 bits per heavy atom. The number of anilines is 1. The standard InChI is InChI=1S/C15H11NO/c1-10-11-6-2-3-7-12(11)15(17)13-8-4-5-9-14(13)16-10/h2-9,16H,1H2. The van der Waals surface area contributed by atoms with Crippen LogP contribution in [-0.2, 0) is 0 Å². The van der Waals surface area contributed by atoms with Crippen LogP contribution in [0.25, 0.3) is 5.70 Å². The molecular weight excluding hydrogens is 210 g/mol. The lowest BCUT2D eigenvalue weighted by Gasteiger charge is -2.08. The van der Waals surface area contributed by atoms with Gasteiger partial charge in [-0.05, 0) is 12.1 Å². The second-order valence-electron chi connectivity index (χ2n) is 4.02. The smallest absolute Gasteiger partial charge is 0.195 e. The van der Waals surface area contributed by atoms with Crippen molar-refractivity contribution < 1.29 is 4.79 Å². The van der Waals surface area contributed by atoms with Crippen molar-refractivity contribution in [2.75, 3.05) is 5.32 Å². The molecule has 0 radical (unpaired) electrons.